The van der Waals surface area contributed by atoms with Gasteiger partial charge in [0.05, 0.1) is 6.42 Å². The number of amides is 1. The average Bonchev–Trinajstić information content (AvgIpc) is 2.54. The Hall–Kier alpha value is -2.24. The summed E-state index contributed by atoms with van der Waals surface area (Å²) in [6.07, 6.45) is 1.82. The van der Waals surface area contributed by atoms with Gasteiger partial charge in [-0.3, -0.25) is 4.79 Å². The number of hydrogen-bond donors (Lipinski definition) is 2. The van der Waals surface area contributed by atoms with E-state index in [2.05, 4.69) is 42.3 Å². The zero-order valence-electron chi connectivity index (χ0n) is 18.2. The largest absolute Gasteiger partial charge is 0.481 e. The Kier molecular flexibility index (Phi) is 9.29. The van der Waals surface area contributed by atoms with Crippen molar-refractivity contribution in [2.24, 2.45) is 0 Å². The van der Waals surface area contributed by atoms with E-state index in [0.29, 0.717) is 6.42 Å². The quantitative estimate of drug-likeness (QED) is 0.611. The highest BCUT2D eigenvalue weighted by Crippen LogP contribution is 2.22. The summed E-state index contributed by atoms with van der Waals surface area (Å²) < 4.78 is 5.29. The van der Waals surface area contributed by atoms with Gasteiger partial charge in [-0.2, -0.15) is 0 Å². The van der Waals surface area contributed by atoms with E-state index in [1.807, 2.05) is 6.92 Å². The van der Waals surface area contributed by atoms with Crippen LogP contribution in [0.2, 0.25) is 0 Å². The Morgan fingerprint density at radius 2 is 1.79 bits per heavy atom. The van der Waals surface area contributed by atoms with Crippen LogP contribution in [-0.2, 0) is 16.0 Å². The number of rotatable bonds is 10. The van der Waals surface area contributed by atoms with Gasteiger partial charge in [0, 0.05) is 24.8 Å². The minimum atomic E-state index is -0.951. The van der Waals surface area contributed by atoms with Gasteiger partial charge in [0.25, 0.3) is 0 Å². The van der Waals surface area contributed by atoms with Crippen molar-refractivity contribution in [3.63, 3.8) is 0 Å². The van der Waals surface area contributed by atoms with Crippen molar-refractivity contribution >= 4 is 17.7 Å². The maximum absolute atomic E-state index is 12.1. The molecule has 0 fully saturated rings. The molecular weight excluding hydrogens is 356 g/mol. The smallest absolute Gasteiger partial charge is 0.407 e. The summed E-state index contributed by atoms with van der Waals surface area (Å²) >= 11 is 0. The van der Waals surface area contributed by atoms with E-state index in [1.165, 1.54) is 0 Å². The zero-order valence-corrected chi connectivity index (χ0v) is 18.2. The predicted molar refractivity (Wildman–Crippen MR) is 113 cm³/mol. The van der Waals surface area contributed by atoms with Crippen molar-refractivity contribution in [3.8, 4) is 0 Å². The molecule has 1 rings (SSSR count). The van der Waals surface area contributed by atoms with Crippen molar-refractivity contribution < 1.29 is 19.4 Å². The van der Waals surface area contributed by atoms with Crippen LogP contribution in [0.5, 0.6) is 0 Å². The van der Waals surface area contributed by atoms with Crippen LogP contribution in [0.3, 0.4) is 0 Å². The van der Waals surface area contributed by atoms with Gasteiger partial charge in [-0.25, -0.2) is 4.79 Å². The van der Waals surface area contributed by atoms with Crippen LogP contribution >= 0.6 is 0 Å². The number of nitrogens with zero attached hydrogens (tertiary/aromatic N) is 1. The number of aryl methyl sites for hydroxylation is 1. The highest BCUT2D eigenvalue weighted by Gasteiger charge is 2.22. The van der Waals surface area contributed by atoms with E-state index in [1.54, 1.807) is 20.8 Å². The van der Waals surface area contributed by atoms with Crippen molar-refractivity contribution in [2.45, 2.75) is 78.9 Å². The molecule has 0 unspecified atom stereocenters. The topological polar surface area (TPSA) is 78.9 Å². The molecule has 0 bridgehead atoms. The van der Waals surface area contributed by atoms with Crippen molar-refractivity contribution in [3.05, 3.63) is 29.3 Å². The molecule has 1 aromatic rings. The Labute approximate surface area is 169 Å². The van der Waals surface area contributed by atoms with E-state index in [9.17, 15) is 14.7 Å². The SMILES string of the molecule is CCCN(CCC)c1ccc(C)c(C[C@@H](CC(=O)O)NC(=O)OC(C)(C)C)c1. The minimum Gasteiger partial charge on any atom is -0.481 e. The molecule has 0 aliphatic heterocycles. The standard InChI is InChI=1S/C22H36N2O4/c1-7-11-24(12-8-2)19-10-9-16(3)17(14-19)13-18(15-20(25)26)23-21(27)28-22(4,5)6/h9-10,14,18H,7-8,11-13,15H2,1-6H3,(H,23,27)(H,25,26)/t18-/m0/s1. The summed E-state index contributed by atoms with van der Waals surface area (Å²) in [5.41, 5.74) is 2.62. The molecule has 2 N–H and O–H groups in total. The lowest BCUT2D eigenvalue weighted by molar-refractivity contribution is -0.137. The summed E-state index contributed by atoms with van der Waals surface area (Å²) in [5, 5.41) is 12.0. The Bertz CT molecular complexity index is 646. The van der Waals surface area contributed by atoms with E-state index in [4.69, 9.17) is 4.74 Å². The molecule has 0 aliphatic carbocycles. The van der Waals surface area contributed by atoms with Gasteiger partial charge in [0.15, 0.2) is 0 Å². The van der Waals surface area contributed by atoms with E-state index >= 15 is 0 Å². The highest BCUT2D eigenvalue weighted by molar-refractivity contribution is 5.71. The maximum atomic E-state index is 12.1. The molecule has 1 aromatic carbocycles. The van der Waals surface area contributed by atoms with Crippen LogP contribution < -0.4 is 10.2 Å². The third-order valence-corrected chi connectivity index (χ3v) is 4.29. The Morgan fingerprint density at radius 1 is 1.18 bits per heavy atom. The number of aliphatic carboxylic acids is 1. The third-order valence-electron chi connectivity index (χ3n) is 4.29. The van der Waals surface area contributed by atoms with Crippen molar-refractivity contribution in [2.75, 3.05) is 18.0 Å². The molecule has 0 radical (unpaired) electrons. The molecule has 0 heterocycles. The van der Waals surface area contributed by atoms with Crippen LogP contribution in [0.25, 0.3) is 0 Å². The Morgan fingerprint density at radius 3 is 2.29 bits per heavy atom. The van der Waals surface area contributed by atoms with Gasteiger partial charge in [0.2, 0.25) is 0 Å². The molecule has 158 valence electrons. The normalized spacial score (nSPS) is 12.4. The van der Waals surface area contributed by atoms with Gasteiger partial charge >= 0.3 is 12.1 Å². The lowest BCUT2D eigenvalue weighted by atomic mass is 9.98. The first-order valence-electron chi connectivity index (χ1n) is 10.1. The molecular formula is C22H36N2O4. The zero-order chi connectivity index (χ0) is 21.3. The molecule has 1 amide bonds. The van der Waals surface area contributed by atoms with Crippen LogP contribution in [-0.4, -0.2) is 41.9 Å². The number of anilines is 1. The monoisotopic (exact) mass is 392 g/mol. The summed E-state index contributed by atoms with van der Waals surface area (Å²) in [7, 11) is 0. The number of carboxylic acids is 1. The van der Waals surface area contributed by atoms with E-state index in [-0.39, 0.29) is 6.42 Å². The maximum Gasteiger partial charge on any atom is 0.407 e. The number of carbonyl (C=O) groups excluding carboxylic acids is 1. The van der Waals surface area contributed by atoms with Crippen LogP contribution in [0.1, 0.15) is 65.0 Å². The molecule has 0 saturated carbocycles. The molecule has 28 heavy (non-hydrogen) atoms. The fourth-order valence-electron chi connectivity index (χ4n) is 3.11. The lowest BCUT2D eigenvalue weighted by Crippen LogP contribution is -2.41. The fourth-order valence-corrected chi connectivity index (χ4v) is 3.11. The minimum absolute atomic E-state index is 0.156. The number of carboxylic acid groups (broad SMARTS) is 1. The second-order valence-corrected chi connectivity index (χ2v) is 8.24. The summed E-state index contributed by atoms with van der Waals surface area (Å²) in [6, 6.07) is 5.75. The molecule has 0 saturated heterocycles. The summed E-state index contributed by atoms with van der Waals surface area (Å²) in [6.45, 7) is 13.6. The summed E-state index contributed by atoms with van der Waals surface area (Å²) in [5.74, 6) is -0.951. The number of nitrogens with one attached hydrogen (secondary N) is 1. The lowest BCUT2D eigenvalue weighted by Gasteiger charge is -2.26. The number of carbonyl (C=O) groups is 2. The third kappa shape index (κ3) is 8.63. The predicted octanol–water partition coefficient (Wildman–Crippen LogP) is 4.53. The molecule has 6 nitrogen and oxygen atoms in total. The van der Waals surface area contributed by atoms with Gasteiger partial charge in [0.1, 0.15) is 5.60 Å². The fraction of sp³-hybridized carbons (Fsp3) is 0.636. The number of benzene rings is 1. The molecule has 0 aromatic heterocycles. The molecule has 1 atom stereocenters. The molecule has 0 aliphatic rings. The Balaban J connectivity index is 3.01. The average molecular weight is 393 g/mol. The van der Waals surface area contributed by atoms with Crippen molar-refractivity contribution in [1.29, 1.82) is 0 Å². The number of ether oxygens (including phenoxy) is 1. The second kappa shape index (κ2) is 10.9. The van der Waals surface area contributed by atoms with Gasteiger partial charge in [-0.1, -0.05) is 19.9 Å². The van der Waals surface area contributed by atoms with Gasteiger partial charge in [-0.15, -0.1) is 0 Å². The highest BCUT2D eigenvalue weighted by atomic mass is 16.6. The van der Waals surface area contributed by atoms with Gasteiger partial charge in [-0.05, 0) is 70.2 Å². The second-order valence-electron chi connectivity index (χ2n) is 8.24. The van der Waals surface area contributed by atoms with Gasteiger partial charge < -0.3 is 20.1 Å². The first-order chi connectivity index (χ1) is 13.1. The molecule has 6 heteroatoms. The summed E-state index contributed by atoms with van der Waals surface area (Å²) in [4.78, 5) is 25.8. The first kappa shape index (κ1) is 23.8. The van der Waals surface area contributed by atoms with Crippen molar-refractivity contribution in [1.82, 2.24) is 5.32 Å². The van der Waals surface area contributed by atoms with Crippen LogP contribution in [0.15, 0.2) is 18.2 Å². The first-order valence-corrected chi connectivity index (χ1v) is 10.1. The van der Waals surface area contributed by atoms with E-state index in [0.717, 1.165) is 42.7 Å². The number of hydrogen-bond acceptors (Lipinski definition) is 4. The van der Waals surface area contributed by atoms with Crippen LogP contribution in [0.4, 0.5) is 10.5 Å². The molecule has 0 spiro atoms. The van der Waals surface area contributed by atoms with Crippen LogP contribution in [0, 0.1) is 6.92 Å². The number of alkyl carbamates (subject to hydrolysis) is 1. The van der Waals surface area contributed by atoms with E-state index < -0.39 is 23.7 Å².